The molecule has 0 fully saturated rings. The van der Waals surface area contributed by atoms with Gasteiger partial charge in [-0.15, -0.1) is 0 Å². The van der Waals surface area contributed by atoms with Crippen LogP contribution in [0.4, 0.5) is 15.8 Å². The Balaban J connectivity index is 1.42. The molecule has 0 aromatic heterocycles. The van der Waals surface area contributed by atoms with E-state index in [0.29, 0.717) is 65.2 Å². The number of carbonyl (C=O) groups is 3. The van der Waals surface area contributed by atoms with Crippen LogP contribution in [0.2, 0.25) is 0 Å². The first-order valence-corrected chi connectivity index (χ1v) is 16.0. The van der Waals surface area contributed by atoms with E-state index in [0.717, 1.165) is 24.1 Å². The molecule has 2 amide bonds. The van der Waals surface area contributed by atoms with Crippen LogP contribution in [0.3, 0.4) is 0 Å². The number of fused-ring (bicyclic) bond motifs is 1. The van der Waals surface area contributed by atoms with E-state index in [9.17, 15) is 18.8 Å². The van der Waals surface area contributed by atoms with E-state index in [2.05, 4.69) is 34.0 Å². The zero-order valence-corrected chi connectivity index (χ0v) is 26.4. The monoisotopic (exact) mass is 696 g/mol. The van der Waals surface area contributed by atoms with Gasteiger partial charge in [-0.2, -0.15) is 0 Å². The van der Waals surface area contributed by atoms with Crippen LogP contribution < -0.4 is 15.0 Å². The van der Waals surface area contributed by atoms with Crippen molar-refractivity contribution in [3.8, 4) is 5.75 Å². The summed E-state index contributed by atoms with van der Waals surface area (Å²) in [5.41, 5.74) is 4.14. The second kappa shape index (κ2) is 13.3. The predicted octanol–water partition coefficient (Wildman–Crippen LogP) is 7.27. The highest BCUT2D eigenvalue weighted by Gasteiger charge is 2.39. The molecule has 0 radical (unpaired) electrons. The van der Waals surface area contributed by atoms with Crippen molar-refractivity contribution in [3.63, 3.8) is 0 Å². The predicted molar refractivity (Wildman–Crippen MR) is 173 cm³/mol. The first-order chi connectivity index (χ1) is 20.8. The van der Waals surface area contributed by atoms with Gasteiger partial charge >= 0.3 is 5.97 Å². The third kappa shape index (κ3) is 6.61. The van der Waals surface area contributed by atoms with Crippen molar-refractivity contribution >= 4 is 51.7 Å². The van der Waals surface area contributed by atoms with E-state index in [1.165, 1.54) is 12.1 Å². The average molecular weight is 697 g/mol. The maximum Gasteiger partial charge on any atom is 0.333 e. The maximum absolute atomic E-state index is 14.1. The molecule has 1 aliphatic heterocycles. The minimum absolute atomic E-state index is 0.187. The van der Waals surface area contributed by atoms with E-state index in [4.69, 9.17) is 9.47 Å². The first kappa shape index (κ1) is 30.7. The van der Waals surface area contributed by atoms with Gasteiger partial charge in [0.25, 0.3) is 11.8 Å². The van der Waals surface area contributed by atoms with Crippen LogP contribution in [0.1, 0.15) is 65.0 Å². The Labute approximate surface area is 264 Å². The maximum atomic E-state index is 14.1. The molecular weight excluding hydrogens is 662 g/mol. The quantitative estimate of drug-likeness (QED) is 0.152. The van der Waals surface area contributed by atoms with Crippen LogP contribution in [-0.4, -0.2) is 37.5 Å². The Bertz CT molecular complexity index is 1590. The smallest absolute Gasteiger partial charge is 0.333 e. The summed E-state index contributed by atoms with van der Waals surface area (Å²) in [6.07, 6.45) is 4.99. The minimum atomic E-state index is -0.491. The molecule has 43 heavy (non-hydrogen) atoms. The third-order valence-electron chi connectivity index (χ3n) is 8.05. The first-order valence-electron chi connectivity index (χ1n) is 14.5. The lowest BCUT2D eigenvalue weighted by Gasteiger charge is -2.26. The van der Waals surface area contributed by atoms with Crippen molar-refractivity contribution in [2.45, 2.75) is 44.0 Å². The number of nitrogens with one attached hydrogen (secondary N) is 1. The summed E-state index contributed by atoms with van der Waals surface area (Å²) in [5, 5.41) is 2.84. The molecule has 2 aliphatic rings. The molecule has 9 heteroatoms. The van der Waals surface area contributed by atoms with Gasteiger partial charge in [-0.1, -0.05) is 52.9 Å². The number of esters is 1. The molecule has 1 atom stereocenters. The molecule has 1 spiro atoms. The lowest BCUT2D eigenvalue weighted by Crippen LogP contribution is -2.33. The Morgan fingerprint density at radius 1 is 1.02 bits per heavy atom. The lowest BCUT2D eigenvalue weighted by molar-refractivity contribution is -0.138. The molecule has 3 aromatic carbocycles. The molecule has 3 aromatic rings. The fourth-order valence-electron chi connectivity index (χ4n) is 5.93. The number of carbonyl (C=O) groups excluding carboxylic acids is 3. The third-order valence-corrected chi connectivity index (χ3v) is 8.87. The van der Waals surface area contributed by atoms with E-state index >= 15 is 0 Å². The number of halogens is 2. The van der Waals surface area contributed by atoms with Crippen LogP contribution in [0, 0.1) is 11.2 Å². The van der Waals surface area contributed by atoms with Gasteiger partial charge in [0.2, 0.25) is 0 Å². The Morgan fingerprint density at radius 3 is 2.60 bits per heavy atom. The average Bonchev–Trinajstić information content (AvgIpc) is 3.35. The molecule has 1 heterocycles. The van der Waals surface area contributed by atoms with Crippen molar-refractivity contribution < 1.29 is 28.2 Å². The number of hydrogen-bond acceptors (Lipinski definition) is 5. The molecule has 5 rings (SSSR count). The summed E-state index contributed by atoms with van der Waals surface area (Å²) in [7, 11) is 0. The van der Waals surface area contributed by atoms with Gasteiger partial charge in [-0.25, -0.2) is 9.18 Å². The Morgan fingerprint density at radius 2 is 1.84 bits per heavy atom. The zero-order valence-electron chi connectivity index (χ0n) is 24.3. The molecule has 0 bridgehead atoms. The van der Waals surface area contributed by atoms with Gasteiger partial charge in [0.05, 0.1) is 18.9 Å². The number of rotatable bonds is 8. The summed E-state index contributed by atoms with van der Waals surface area (Å²) < 4.78 is 25.6. The fourth-order valence-corrected chi connectivity index (χ4v) is 6.60. The number of alkyl halides is 1. The number of allylic oxidation sites excluding steroid dienone is 1. The molecule has 1 N–H and O–H groups in total. The molecule has 224 valence electrons. The highest BCUT2D eigenvalue weighted by atomic mass is 127. The largest absolute Gasteiger partial charge is 0.492 e. The SMILES string of the molecule is CCOC(=O)C1=C[C@@]2(CC1)CCN(C(=O)c1ccc(NC(=O)c3cc(F)ccc3CI)c(OCC)c1)c1ccccc1C2. The molecule has 7 nitrogen and oxygen atoms in total. The van der Waals surface area contributed by atoms with Crippen LogP contribution in [0.25, 0.3) is 0 Å². The topological polar surface area (TPSA) is 84.9 Å². The second-order valence-electron chi connectivity index (χ2n) is 10.8. The summed E-state index contributed by atoms with van der Waals surface area (Å²) in [6, 6.07) is 17.0. The fraction of sp³-hybridized carbons (Fsp3) is 0.324. The van der Waals surface area contributed by atoms with Gasteiger partial charge in [-0.05, 0) is 92.5 Å². The van der Waals surface area contributed by atoms with Gasteiger partial charge < -0.3 is 19.7 Å². The van der Waals surface area contributed by atoms with E-state index in [1.54, 1.807) is 36.1 Å². The molecule has 0 unspecified atom stereocenters. The van der Waals surface area contributed by atoms with Crippen LogP contribution in [0.5, 0.6) is 5.75 Å². The number of nitrogens with zero attached hydrogens (tertiary/aromatic N) is 1. The van der Waals surface area contributed by atoms with Crippen molar-refractivity contribution in [1.29, 1.82) is 0 Å². The standard InChI is InChI=1S/C34H34FIN2O5/c1-3-42-30-17-22(10-12-28(30)37-31(39)27-18-26(35)11-9-25(27)21-36)32(40)38-16-15-34(19-23-7-5-6-8-29(23)38)14-13-24(20-34)33(41)43-4-2/h5-12,17-18,20H,3-4,13-16,19,21H2,1-2H3,(H,37,39)/t34-/m0/s1. The highest BCUT2D eigenvalue weighted by Crippen LogP contribution is 2.46. The van der Waals surface area contributed by atoms with E-state index in [-0.39, 0.29) is 22.9 Å². The number of ether oxygens (including phenoxy) is 2. The van der Waals surface area contributed by atoms with Gasteiger partial charge in [0, 0.05) is 33.4 Å². The van der Waals surface area contributed by atoms with Crippen molar-refractivity contribution in [2.75, 3.05) is 30.0 Å². The normalized spacial score (nSPS) is 17.6. The van der Waals surface area contributed by atoms with Crippen molar-refractivity contribution in [1.82, 2.24) is 0 Å². The van der Waals surface area contributed by atoms with E-state index < -0.39 is 11.7 Å². The summed E-state index contributed by atoms with van der Waals surface area (Å²) in [6.45, 7) is 4.77. The Kier molecular flexibility index (Phi) is 9.49. The summed E-state index contributed by atoms with van der Waals surface area (Å²) in [5.74, 6) is -1.04. The van der Waals surface area contributed by atoms with Crippen LogP contribution >= 0.6 is 22.6 Å². The van der Waals surface area contributed by atoms with Crippen LogP contribution in [-0.2, 0) is 20.4 Å². The number of anilines is 2. The molecule has 0 saturated heterocycles. The summed E-state index contributed by atoms with van der Waals surface area (Å²) >= 11 is 2.14. The summed E-state index contributed by atoms with van der Waals surface area (Å²) in [4.78, 5) is 41.4. The highest BCUT2D eigenvalue weighted by molar-refractivity contribution is 14.1. The number of para-hydroxylation sites is 1. The van der Waals surface area contributed by atoms with Gasteiger partial charge in [0.15, 0.2) is 0 Å². The lowest BCUT2D eigenvalue weighted by atomic mass is 9.79. The van der Waals surface area contributed by atoms with Crippen LogP contribution in [0.15, 0.2) is 72.3 Å². The second-order valence-corrected chi connectivity index (χ2v) is 11.6. The van der Waals surface area contributed by atoms with Gasteiger partial charge in [-0.3, -0.25) is 9.59 Å². The van der Waals surface area contributed by atoms with Gasteiger partial charge in [0.1, 0.15) is 11.6 Å². The van der Waals surface area contributed by atoms with E-state index in [1.807, 2.05) is 31.2 Å². The Hall–Kier alpha value is -3.73. The van der Waals surface area contributed by atoms with Crippen molar-refractivity contribution in [2.24, 2.45) is 5.41 Å². The molecule has 1 aliphatic carbocycles. The van der Waals surface area contributed by atoms with Crippen molar-refractivity contribution in [3.05, 3.63) is 100 Å². The zero-order chi connectivity index (χ0) is 30.6. The number of benzene rings is 3. The number of amides is 2. The molecule has 0 saturated carbocycles. The number of hydrogen-bond donors (Lipinski definition) is 1. The minimum Gasteiger partial charge on any atom is -0.492 e. The molecular formula is C34H34FIN2O5.